The van der Waals surface area contributed by atoms with E-state index in [1.165, 1.54) is 56.4 Å². The van der Waals surface area contributed by atoms with Crippen molar-refractivity contribution < 1.29 is 22.6 Å². The maximum Gasteiger partial charge on any atom is 0.201 e. The van der Waals surface area contributed by atoms with Crippen LogP contribution in [0, 0.1) is 41.1 Å². The molecule has 0 amide bonds. The van der Waals surface area contributed by atoms with Crippen LogP contribution in [0.5, 0.6) is 11.5 Å². The lowest BCUT2D eigenvalue weighted by molar-refractivity contribution is 0.196. The van der Waals surface area contributed by atoms with Crippen molar-refractivity contribution in [2.45, 2.75) is 52.4 Å². The molecular formula is C26H31F3O2. The Bertz CT molecular complexity index is 914. The predicted molar refractivity (Wildman–Crippen MR) is 116 cm³/mol. The van der Waals surface area contributed by atoms with Crippen LogP contribution in [0.1, 0.15) is 52.4 Å². The molecule has 2 saturated carbocycles. The summed E-state index contributed by atoms with van der Waals surface area (Å²) >= 11 is 0. The Morgan fingerprint density at radius 2 is 1.52 bits per heavy atom. The third-order valence-corrected chi connectivity index (χ3v) is 7.20. The molecule has 5 heteroatoms. The van der Waals surface area contributed by atoms with Crippen LogP contribution in [0.15, 0.2) is 30.3 Å². The van der Waals surface area contributed by atoms with Crippen molar-refractivity contribution in [2.75, 3.05) is 13.2 Å². The summed E-state index contributed by atoms with van der Waals surface area (Å²) < 4.78 is 54.3. The van der Waals surface area contributed by atoms with Crippen LogP contribution in [0.2, 0.25) is 0 Å². The molecule has 0 aliphatic heterocycles. The van der Waals surface area contributed by atoms with Crippen molar-refractivity contribution >= 4 is 0 Å². The number of rotatable bonds is 8. The topological polar surface area (TPSA) is 18.5 Å². The monoisotopic (exact) mass is 432 g/mol. The first kappa shape index (κ1) is 22.0. The number of hydrogen-bond acceptors (Lipinski definition) is 2. The Kier molecular flexibility index (Phi) is 6.78. The molecule has 31 heavy (non-hydrogen) atoms. The van der Waals surface area contributed by atoms with Gasteiger partial charge in [-0.25, -0.2) is 8.78 Å². The normalized spacial score (nSPS) is 24.9. The minimum atomic E-state index is -1.06. The molecule has 2 aromatic rings. The molecule has 0 radical (unpaired) electrons. The molecule has 4 rings (SSSR count). The summed E-state index contributed by atoms with van der Waals surface area (Å²) in [4.78, 5) is 0. The molecule has 168 valence electrons. The molecule has 2 aliphatic rings. The first-order valence-corrected chi connectivity index (χ1v) is 11.6. The number of benzene rings is 2. The Labute approximate surface area is 182 Å². The van der Waals surface area contributed by atoms with E-state index in [4.69, 9.17) is 9.47 Å². The van der Waals surface area contributed by atoms with Crippen molar-refractivity contribution in [3.8, 4) is 22.6 Å². The largest absolute Gasteiger partial charge is 0.491 e. The molecule has 2 aromatic carbocycles. The summed E-state index contributed by atoms with van der Waals surface area (Å²) in [7, 11) is 0. The maximum atomic E-state index is 14.7. The smallest absolute Gasteiger partial charge is 0.201 e. The molecule has 0 heterocycles. The second-order valence-corrected chi connectivity index (χ2v) is 8.92. The quantitative estimate of drug-likeness (QED) is 0.433. The van der Waals surface area contributed by atoms with E-state index in [0.29, 0.717) is 18.4 Å². The lowest BCUT2D eigenvalue weighted by Crippen LogP contribution is -2.19. The molecule has 2 fully saturated rings. The highest BCUT2D eigenvalue weighted by atomic mass is 19.2. The van der Waals surface area contributed by atoms with Gasteiger partial charge in [0.25, 0.3) is 0 Å². The van der Waals surface area contributed by atoms with E-state index in [2.05, 4.69) is 6.92 Å². The molecule has 0 aromatic heterocycles. The average Bonchev–Trinajstić information content (AvgIpc) is 3.34. The summed E-state index contributed by atoms with van der Waals surface area (Å²) in [6.45, 7) is 4.70. The number of halogens is 3. The summed E-state index contributed by atoms with van der Waals surface area (Å²) in [6, 6.07) is 7.06. The molecule has 0 bridgehead atoms. The molecule has 0 N–H and O–H groups in total. The second-order valence-electron chi connectivity index (χ2n) is 8.92. The minimum Gasteiger partial charge on any atom is -0.491 e. The number of fused-ring (bicyclic) bond motifs is 1. The Hall–Kier alpha value is -2.17. The highest BCUT2D eigenvalue weighted by Crippen LogP contribution is 2.52. The van der Waals surface area contributed by atoms with E-state index in [9.17, 15) is 13.2 Å². The van der Waals surface area contributed by atoms with Crippen molar-refractivity contribution in [1.82, 2.24) is 0 Å². The summed E-state index contributed by atoms with van der Waals surface area (Å²) in [5.74, 6) is 0.181. The van der Waals surface area contributed by atoms with Gasteiger partial charge in [0.05, 0.1) is 13.2 Å². The summed E-state index contributed by atoms with van der Waals surface area (Å²) in [5.41, 5.74) is 0.265. The molecule has 2 nitrogen and oxygen atoms in total. The van der Waals surface area contributed by atoms with Crippen LogP contribution in [0.4, 0.5) is 13.2 Å². The van der Waals surface area contributed by atoms with Gasteiger partial charge >= 0.3 is 0 Å². The average molecular weight is 433 g/mol. The second kappa shape index (κ2) is 9.54. The van der Waals surface area contributed by atoms with Gasteiger partial charge < -0.3 is 9.47 Å². The van der Waals surface area contributed by atoms with Gasteiger partial charge in [-0.15, -0.1) is 0 Å². The highest BCUT2D eigenvalue weighted by molar-refractivity contribution is 5.66. The van der Waals surface area contributed by atoms with Gasteiger partial charge in [0.2, 0.25) is 5.82 Å². The predicted octanol–water partition coefficient (Wildman–Crippen LogP) is 7.40. The molecular weight excluding hydrogens is 401 g/mol. The lowest BCUT2D eigenvalue weighted by Gasteiger charge is -2.21. The lowest BCUT2D eigenvalue weighted by atomic mass is 9.87. The van der Waals surface area contributed by atoms with Gasteiger partial charge in [-0.1, -0.05) is 25.8 Å². The van der Waals surface area contributed by atoms with Crippen LogP contribution in [-0.4, -0.2) is 13.2 Å². The Morgan fingerprint density at radius 1 is 0.806 bits per heavy atom. The van der Waals surface area contributed by atoms with Crippen LogP contribution in [0.25, 0.3) is 11.1 Å². The van der Waals surface area contributed by atoms with E-state index in [1.807, 2.05) is 0 Å². The van der Waals surface area contributed by atoms with Gasteiger partial charge in [0.1, 0.15) is 0 Å². The van der Waals surface area contributed by atoms with Crippen LogP contribution in [0.3, 0.4) is 0 Å². The van der Waals surface area contributed by atoms with E-state index in [-0.39, 0.29) is 29.2 Å². The van der Waals surface area contributed by atoms with Crippen LogP contribution in [-0.2, 0) is 0 Å². The molecule has 4 atom stereocenters. The van der Waals surface area contributed by atoms with Crippen LogP contribution >= 0.6 is 0 Å². The Balaban J connectivity index is 1.43. The van der Waals surface area contributed by atoms with Crippen molar-refractivity contribution in [2.24, 2.45) is 23.7 Å². The van der Waals surface area contributed by atoms with Gasteiger partial charge in [-0.3, -0.25) is 0 Å². The maximum absolute atomic E-state index is 14.7. The minimum absolute atomic E-state index is 0.00189. The molecule has 4 unspecified atom stereocenters. The molecule has 0 saturated heterocycles. The third kappa shape index (κ3) is 4.42. The number of ether oxygens (including phenoxy) is 2. The van der Waals surface area contributed by atoms with E-state index in [1.54, 1.807) is 13.0 Å². The third-order valence-electron chi connectivity index (χ3n) is 7.20. The van der Waals surface area contributed by atoms with Crippen molar-refractivity contribution in [1.29, 1.82) is 0 Å². The van der Waals surface area contributed by atoms with Gasteiger partial charge in [-0.05, 0) is 86.1 Å². The van der Waals surface area contributed by atoms with E-state index in [0.717, 1.165) is 18.3 Å². The fourth-order valence-electron chi connectivity index (χ4n) is 5.78. The first-order valence-electron chi connectivity index (χ1n) is 11.6. The Morgan fingerprint density at radius 3 is 2.23 bits per heavy atom. The van der Waals surface area contributed by atoms with E-state index >= 15 is 0 Å². The van der Waals surface area contributed by atoms with Gasteiger partial charge in [0.15, 0.2) is 23.1 Å². The van der Waals surface area contributed by atoms with Gasteiger partial charge in [-0.2, -0.15) is 4.39 Å². The summed E-state index contributed by atoms with van der Waals surface area (Å²) in [5, 5.41) is 0. The number of hydrogen-bond donors (Lipinski definition) is 0. The highest BCUT2D eigenvalue weighted by Gasteiger charge is 2.44. The zero-order valence-corrected chi connectivity index (χ0v) is 18.3. The first-order chi connectivity index (χ1) is 15.0. The standard InChI is InChI=1S/C26H31F3O2/c1-3-5-16-6-9-20-18(7-10-19(16)20)15-31-23-12-8-17(14-22(23)27)21-11-13-24(30-4-2)26(29)25(21)28/h8,11-14,16,18-20H,3-7,9-10,15H2,1-2H3. The SMILES string of the molecule is CCCC1CCC2C(COc3ccc(-c4ccc(OCC)c(F)c4F)cc3F)CCC12. The molecule has 2 aliphatic carbocycles. The summed E-state index contributed by atoms with van der Waals surface area (Å²) in [6.07, 6.45) is 7.53. The van der Waals surface area contributed by atoms with Crippen molar-refractivity contribution in [3.63, 3.8) is 0 Å². The zero-order chi connectivity index (χ0) is 22.0. The fourth-order valence-corrected chi connectivity index (χ4v) is 5.78. The van der Waals surface area contributed by atoms with Crippen molar-refractivity contribution in [3.05, 3.63) is 47.8 Å². The fraction of sp³-hybridized carbons (Fsp3) is 0.538. The van der Waals surface area contributed by atoms with E-state index < -0.39 is 17.5 Å². The molecule has 0 spiro atoms. The van der Waals surface area contributed by atoms with Crippen LogP contribution < -0.4 is 9.47 Å². The van der Waals surface area contributed by atoms with Gasteiger partial charge in [0, 0.05) is 5.56 Å². The zero-order valence-electron chi connectivity index (χ0n) is 18.3.